The van der Waals surface area contributed by atoms with E-state index in [1.807, 2.05) is 19.1 Å². The second-order valence-electron chi connectivity index (χ2n) is 9.11. The maximum Gasteiger partial charge on any atom is 0.295 e. The Kier molecular flexibility index (Phi) is 6.62. The summed E-state index contributed by atoms with van der Waals surface area (Å²) in [5.74, 6) is -1.83. The average Bonchev–Trinajstić information content (AvgIpc) is 3.16. The molecule has 0 aliphatic carbocycles. The van der Waals surface area contributed by atoms with Gasteiger partial charge in [-0.1, -0.05) is 17.7 Å². The molecule has 190 valence electrons. The lowest BCUT2D eigenvalue weighted by Crippen LogP contribution is -2.62. The molecule has 0 spiro atoms. The molecular weight excluding hydrogens is 469 g/mol. The number of nitrogens with one attached hydrogen (secondary N) is 1. The Hall–Kier alpha value is -4.08. The van der Waals surface area contributed by atoms with Crippen LogP contribution in [-0.4, -0.2) is 67.4 Å². The highest BCUT2D eigenvalue weighted by Gasteiger charge is 2.48. The van der Waals surface area contributed by atoms with Crippen molar-refractivity contribution in [3.8, 4) is 11.5 Å². The molecule has 0 fully saturated rings. The number of fused-ring (bicyclic) bond motifs is 3. The van der Waals surface area contributed by atoms with Gasteiger partial charge < -0.3 is 29.0 Å². The standard InChI is InChI=1S/C26H28FN3O6/c1-15-9-10-20-16(11-15)22-23(36-20)24(32)30(13-21(31)29(3)4)26(2,14-35-22)25(33)28-12-17-18(27)7-6-8-19(17)34-5/h6-11H,12-14H2,1-5H3,(H,28,33). The molecule has 2 aromatic carbocycles. The number of hydrogen-bond acceptors (Lipinski definition) is 6. The third kappa shape index (κ3) is 4.34. The number of ether oxygens (including phenoxy) is 2. The Balaban J connectivity index is 1.71. The molecule has 1 aliphatic rings. The highest BCUT2D eigenvalue weighted by Crippen LogP contribution is 2.39. The first-order valence-electron chi connectivity index (χ1n) is 11.3. The first-order chi connectivity index (χ1) is 17.1. The predicted molar refractivity (Wildman–Crippen MR) is 129 cm³/mol. The first kappa shape index (κ1) is 25.0. The van der Waals surface area contributed by atoms with Crippen molar-refractivity contribution in [1.82, 2.24) is 15.1 Å². The lowest BCUT2D eigenvalue weighted by molar-refractivity contribution is -0.137. The molecule has 9 nitrogen and oxygen atoms in total. The summed E-state index contributed by atoms with van der Waals surface area (Å²) >= 11 is 0. The minimum absolute atomic E-state index is 0.0885. The molecule has 0 radical (unpaired) electrons. The van der Waals surface area contributed by atoms with Gasteiger partial charge in [-0.15, -0.1) is 0 Å². The molecule has 1 aromatic heterocycles. The molecule has 0 bridgehead atoms. The zero-order valence-electron chi connectivity index (χ0n) is 20.8. The maximum absolute atomic E-state index is 14.4. The molecule has 4 rings (SSSR count). The van der Waals surface area contributed by atoms with Gasteiger partial charge in [-0.05, 0) is 38.1 Å². The number of likely N-dealkylation sites (N-methyl/N-ethyl adjacent to an activating group) is 1. The largest absolute Gasteiger partial charge is 0.496 e. The number of benzene rings is 2. The third-order valence-corrected chi connectivity index (χ3v) is 6.33. The average molecular weight is 498 g/mol. The number of nitrogens with zero attached hydrogens (tertiary/aromatic N) is 2. The van der Waals surface area contributed by atoms with Crippen LogP contribution < -0.4 is 14.8 Å². The molecular formula is C26H28FN3O6. The number of halogens is 1. The summed E-state index contributed by atoms with van der Waals surface area (Å²) in [5, 5.41) is 3.28. The highest BCUT2D eigenvalue weighted by molar-refractivity contribution is 6.06. The summed E-state index contributed by atoms with van der Waals surface area (Å²) in [7, 11) is 4.51. The Bertz CT molecular complexity index is 1350. The lowest BCUT2D eigenvalue weighted by Gasteiger charge is -2.37. The Morgan fingerprint density at radius 2 is 2.00 bits per heavy atom. The zero-order valence-corrected chi connectivity index (χ0v) is 20.8. The molecule has 0 saturated carbocycles. The Morgan fingerprint density at radius 3 is 2.69 bits per heavy atom. The van der Waals surface area contributed by atoms with Crippen molar-refractivity contribution in [2.75, 3.05) is 34.4 Å². The van der Waals surface area contributed by atoms with E-state index in [0.29, 0.717) is 11.0 Å². The predicted octanol–water partition coefficient (Wildman–Crippen LogP) is 2.89. The van der Waals surface area contributed by atoms with Gasteiger partial charge in [0.1, 0.15) is 30.3 Å². The molecule has 3 amide bonds. The molecule has 3 aromatic rings. The second-order valence-corrected chi connectivity index (χ2v) is 9.11. The zero-order chi connectivity index (χ0) is 26.2. The topological polar surface area (TPSA) is 101 Å². The van der Waals surface area contributed by atoms with Crippen molar-refractivity contribution >= 4 is 28.7 Å². The van der Waals surface area contributed by atoms with Gasteiger partial charge in [-0.3, -0.25) is 14.4 Å². The van der Waals surface area contributed by atoms with Gasteiger partial charge in [0.15, 0.2) is 11.3 Å². The number of furan rings is 1. The van der Waals surface area contributed by atoms with Crippen molar-refractivity contribution in [3.63, 3.8) is 0 Å². The number of aryl methyl sites for hydroxylation is 1. The summed E-state index contributed by atoms with van der Waals surface area (Å²) in [6.07, 6.45) is 0. The van der Waals surface area contributed by atoms with Crippen LogP contribution in [0.5, 0.6) is 11.5 Å². The van der Waals surface area contributed by atoms with Gasteiger partial charge in [0.05, 0.1) is 12.5 Å². The fourth-order valence-electron chi connectivity index (χ4n) is 4.08. The first-order valence-corrected chi connectivity index (χ1v) is 11.3. The number of hydrogen-bond donors (Lipinski definition) is 1. The number of carbonyl (C=O) groups excluding carboxylic acids is 3. The van der Waals surface area contributed by atoms with E-state index in [2.05, 4.69) is 5.32 Å². The fourth-order valence-corrected chi connectivity index (χ4v) is 4.08. The third-order valence-electron chi connectivity index (χ3n) is 6.33. The summed E-state index contributed by atoms with van der Waals surface area (Å²) in [5.41, 5.74) is -0.0659. The van der Waals surface area contributed by atoms with E-state index >= 15 is 0 Å². The highest BCUT2D eigenvalue weighted by atomic mass is 19.1. The van der Waals surface area contributed by atoms with Crippen LogP contribution in [0.4, 0.5) is 4.39 Å². The number of carbonyl (C=O) groups is 3. The summed E-state index contributed by atoms with van der Waals surface area (Å²) < 4.78 is 31.5. The van der Waals surface area contributed by atoms with E-state index in [4.69, 9.17) is 13.9 Å². The Labute approximate surface area is 207 Å². The summed E-state index contributed by atoms with van der Waals surface area (Å²) in [6, 6.07) is 9.75. The van der Waals surface area contributed by atoms with Crippen LogP contribution in [0.25, 0.3) is 11.0 Å². The lowest BCUT2D eigenvalue weighted by atomic mass is 9.98. The van der Waals surface area contributed by atoms with E-state index in [0.717, 1.165) is 10.5 Å². The van der Waals surface area contributed by atoms with E-state index in [1.54, 1.807) is 26.2 Å². The van der Waals surface area contributed by atoms with Gasteiger partial charge in [-0.25, -0.2) is 4.39 Å². The van der Waals surface area contributed by atoms with Crippen LogP contribution in [0.1, 0.15) is 28.6 Å². The molecule has 1 atom stereocenters. The van der Waals surface area contributed by atoms with Crippen LogP contribution >= 0.6 is 0 Å². The summed E-state index contributed by atoms with van der Waals surface area (Å²) in [4.78, 5) is 42.4. The number of methoxy groups -OCH3 is 1. The van der Waals surface area contributed by atoms with Crippen molar-refractivity contribution in [1.29, 1.82) is 0 Å². The van der Waals surface area contributed by atoms with Crippen molar-refractivity contribution in [2.24, 2.45) is 0 Å². The molecule has 2 heterocycles. The van der Waals surface area contributed by atoms with Crippen molar-refractivity contribution in [3.05, 3.63) is 59.1 Å². The molecule has 0 saturated heterocycles. The molecule has 36 heavy (non-hydrogen) atoms. The molecule has 1 aliphatic heterocycles. The fraction of sp³-hybridized carbons (Fsp3) is 0.346. The van der Waals surface area contributed by atoms with Crippen molar-refractivity contribution in [2.45, 2.75) is 25.9 Å². The SMILES string of the molecule is COc1cccc(F)c1CNC(=O)C1(C)COc2c(oc3ccc(C)cc23)C(=O)N1CC(=O)N(C)C. The number of amides is 3. The van der Waals surface area contributed by atoms with Crippen LogP contribution in [0.2, 0.25) is 0 Å². The van der Waals surface area contributed by atoms with Crippen LogP contribution in [-0.2, 0) is 16.1 Å². The minimum atomic E-state index is -1.61. The van der Waals surface area contributed by atoms with Crippen LogP contribution in [0.15, 0.2) is 40.8 Å². The van der Waals surface area contributed by atoms with E-state index < -0.39 is 35.6 Å². The van der Waals surface area contributed by atoms with Gasteiger partial charge in [0.25, 0.3) is 5.91 Å². The maximum atomic E-state index is 14.4. The van der Waals surface area contributed by atoms with Crippen LogP contribution in [0.3, 0.4) is 0 Å². The molecule has 1 unspecified atom stereocenters. The quantitative estimate of drug-likeness (QED) is 0.562. The van der Waals surface area contributed by atoms with Crippen molar-refractivity contribution < 1.29 is 32.7 Å². The Morgan fingerprint density at radius 1 is 1.25 bits per heavy atom. The van der Waals surface area contributed by atoms with E-state index in [1.165, 1.54) is 31.1 Å². The monoisotopic (exact) mass is 497 g/mol. The normalized spacial score (nSPS) is 17.3. The molecule has 10 heteroatoms. The van der Waals surface area contributed by atoms with E-state index in [9.17, 15) is 18.8 Å². The minimum Gasteiger partial charge on any atom is -0.496 e. The summed E-state index contributed by atoms with van der Waals surface area (Å²) in [6.45, 7) is 2.56. The van der Waals surface area contributed by atoms with Gasteiger partial charge in [-0.2, -0.15) is 0 Å². The van der Waals surface area contributed by atoms with Gasteiger partial charge in [0.2, 0.25) is 17.6 Å². The van der Waals surface area contributed by atoms with E-state index in [-0.39, 0.29) is 36.0 Å². The van der Waals surface area contributed by atoms with Crippen LogP contribution in [0, 0.1) is 12.7 Å². The smallest absolute Gasteiger partial charge is 0.295 e. The van der Waals surface area contributed by atoms with Gasteiger partial charge in [0, 0.05) is 26.2 Å². The second kappa shape index (κ2) is 9.52. The number of rotatable bonds is 6. The van der Waals surface area contributed by atoms with Gasteiger partial charge >= 0.3 is 0 Å². The molecule has 1 N–H and O–H groups in total.